The summed E-state index contributed by atoms with van der Waals surface area (Å²) < 4.78 is 10.7. The Bertz CT molecular complexity index is 1590. The largest absolute Gasteiger partial charge is 0.493 e. The molecule has 1 atom stereocenters. The molecule has 0 saturated carbocycles. The number of aromatic nitrogens is 1. The average molecular weight is 588 g/mol. The number of anilines is 2. The van der Waals surface area contributed by atoms with E-state index >= 15 is 0 Å². The highest BCUT2D eigenvalue weighted by Crippen LogP contribution is 2.38. The Labute approximate surface area is 244 Å². The Hall–Kier alpha value is -4.12. The molecule has 40 heavy (non-hydrogen) atoms. The molecule has 3 aromatic carbocycles. The standard InChI is InChI=1S/C30H25N3O4S3/c1-36-24-15-10-20(17-25(24)37-2)23-18-39-30(32-23)33-29(35)27(19-7-4-3-5-8-19)40-22-13-11-21(12-14-22)31-28(34)26-9-6-16-38-26/h3-18,27H,1-2H3,(H,31,34)(H,32,33,35). The van der Waals surface area contributed by atoms with E-state index in [2.05, 4.69) is 15.6 Å². The van der Waals surface area contributed by atoms with Crippen LogP contribution < -0.4 is 20.1 Å². The molecule has 0 spiro atoms. The first kappa shape index (κ1) is 27.4. The monoisotopic (exact) mass is 587 g/mol. The molecular formula is C30H25N3O4S3. The van der Waals surface area contributed by atoms with Gasteiger partial charge in [-0.2, -0.15) is 0 Å². The fourth-order valence-electron chi connectivity index (χ4n) is 3.88. The Morgan fingerprint density at radius 3 is 2.33 bits per heavy atom. The molecule has 0 saturated heterocycles. The van der Waals surface area contributed by atoms with Crippen LogP contribution in [-0.4, -0.2) is 31.0 Å². The van der Waals surface area contributed by atoms with Crippen molar-refractivity contribution in [1.82, 2.24) is 4.98 Å². The Kier molecular flexibility index (Phi) is 8.80. The van der Waals surface area contributed by atoms with E-state index in [1.54, 1.807) is 20.3 Å². The lowest BCUT2D eigenvalue weighted by atomic mass is 10.1. The Balaban J connectivity index is 1.30. The maximum Gasteiger partial charge on any atom is 0.265 e. The molecule has 0 bridgehead atoms. The van der Waals surface area contributed by atoms with Crippen LogP contribution in [0.1, 0.15) is 20.5 Å². The van der Waals surface area contributed by atoms with Gasteiger partial charge in [0.05, 0.1) is 24.8 Å². The van der Waals surface area contributed by atoms with E-state index in [4.69, 9.17) is 9.47 Å². The molecule has 2 amide bonds. The lowest BCUT2D eigenvalue weighted by Gasteiger charge is -2.16. The number of amides is 2. The molecule has 7 nitrogen and oxygen atoms in total. The molecule has 0 aliphatic heterocycles. The topological polar surface area (TPSA) is 89.6 Å². The van der Waals surface area contributed by atoms with Crippen LogP contribution in [0.25, 0.3) is 11.3 Å². The molecule has 0 fully saturated rings. The number of hydrogen-bond donors (Lipinski definition) is 2. The van der Waals surface area contributed by atoms with Crippen molar-refractivity contribution in [3.63, 3.8) is 0 Å². The third-order valence-corrected chi connectivity index (χ3v) is 8.76. The van der Waals surface area contributed by atoms with Crippen LogP contribution in [0.15, 0.2) is 101 Å². The number of nitrogens with zero attached hydrogens (tertiary/aromatic N) is 1. The summed E-state index contributed by atoms with van der Waals surface area (Å²) in [6, 6.07) is 26.3. The van der Waals surface area contributed by atoms with Crippen molar-refractivity contribution in [3.8, 4) is 22.8 Å². The second kappa shape index (κ2) is 12.8. The molecule has 2 heterocycles. The molecule has 2 aromatic heterocycles. The number of thiophene rings is 1. The van der Waals surface area contributed by atoms with Gasteiger partial charge in [-0.15, -0.1) is 34.4 Å². The maximum atomic E-state index is 13.5. The minimum atomic E-state index is -0.513. The second-order valence-electron chi connectivity index (χ2n) is 8.46. The molecule has 202 valence electrons. The van der Waals surface area contributed by atoms with E-state index < -0.39 is 5.25 Å². The van der Waals surface area contributed by atoms with Gasteiger partial charge in [-0.1, -0.05) is 36.4 Å². The Morgan fingerprint density at radius 2 is 1.62 bits per heavy atom. The summed E-state index contributed by atoms with van der Waals surface area (Å²) in [5.74, 6) is 0.916. The second-order valence-corrected chi connectivity index (χ2v) is 11.4. The van der Waals surface area contributed by atoms with Crippen molar-refractivity contribution in [2.45, 2.75) is 10.1 Å². The third kappa shape index (κ3) is 6.53. The number of carbonyl (C=O) groups excluding carboxylic acids is 2. The average Bonchev–Trinajstić information content (AvgIpc) is 3.70. The van der Waals surface area contributed by atoms with Gasteiger partial charge >= 0.3 is 0 Å². The van der Waals surface area contributed by atoms with Crippen molar-refractivity contribution >= 4 is 57.1 Å². The first-order valence-electron chi connectivity index (χ1n) is 12.2. The molecular weight excluding hydrogens is 563 g/mol. The van der Waals surface area contributed by atoms with Crippen molar-refractivity contribution < 1.29 is 19.1 Å². The highest BCUT2D eigenvalue weighted by atomic mass is 32.2. The maximum absolute atomic E-state index is 13.5. The summed E-state index contributed by atoms with van der Waals surface area (Å²) in [5, 5.41) is 9.64. The van der Waals surface area contributed by atoms with E-state index in [0.29, 0.717) is 27.2 Å². The summed E-state index contributed by atoms with van der Waals surface area (Å²) in [6.07, 6.45) is 0. The minimum Gasteiger partial charge on any atom is -0.493 e. The van der Waals surface area contributed by atoms with E-state index in [1.807, 2.05) is 89.6 Å². The Morgan fingerprint density at radius 1 is 0.850 bits per heavy atom. The smallest absolute Gasteiger partial charge is 0.265 e. The van der Waals surface area contributed by atoms with E-state index in [1.165, 1.54) is 34.4 Å². The van der Waals surface area contributed by atoms with Crippen LogP contribution in [0.5, 0.6) is 11.5 Å². The quantitative estimate of drug-likeness (QED) is 0.164. The summed E-state index contributed by atoms with van der Waals surface area (Å²) >= 11 is 4.18. The van der Waals surface area contributed by atoms with Gasteiger partial charge in [0.25, 0.3) is 5.91 Å². The number of carbonyl (C=O) groups is 2. The number of methoxy groups -OCH3 is 2. The van der Waals surface area contributed by atoms with Gasteiger partial charge in [0, 0.05) is 21.5 Å². The van der Waals surface area contributed by atoms with Crippen molar-refractivity contribution in [2.24, 2.45) is 0 Å². The lowest BCUT2D eigenvalue weighted by molar-refractivity contribution is -0.115. The lowest BCUT2D eigenvalue weighted by Crippen LogP contribution is -2.19. The molecule has 0 radical (unpaired) electrons. The molecule has 0 aliphatic carbocycles. The number of hydrogen-bond acceptors (Lipinski definition) is 8. The van der Waals surface area contributed by atoms with Crippen LogP contribution in [-0.2, 0) is 4.79 Å². The van der Waals surface area contributed by atoms with Gasteiger partial charge < -0.3 is 20.1 Å². The first-order chi connectivity index (χ1) is 19.5. The van der Waals surface area contributed by atoms with Crippen LogP contribution in [0.2, 0.25) is 0 Å². The number of thiazole rings is 1. The van der Waals surface area contributed by atoms with Crippen molar-refractivity contribution in [3.05, 3.63) is 106 Å². The predicted octanol–water partition coefficient (Wildman–Crippen LogP) is 7.61. The van der Waals surface area contributed by atoms with Crippen LogP contribution >= 0.6 is 34.4 Å². The van der Waals surface area contributed by atoms with E-state index in [-0.39, 0.29) is 11.8 Å². The zero-order valence-corrected chi connectivity index (χ0v) is 24.1. The van der Waals surface area contributed by atoms with Crippen LogP contribution in [0.4, 0.5) is 10.8 Å². The molecule has 10 heteroatoms. The van der Waals surface area contributed by atoms with Gasteiger partial charge in [-0.3, -0.25) is 9.59 Å². The molecule has 1 unspecified atom stereocenters. The number of rotatable bonds is 10. The number of nitrogens with one attached hydrogen (secondary N) is 2. The van der Waals surface area contributed by atoms with Crippen molar-refractivity contribution in [1.29, 1.82) is 0 Å². The van der Waals surface area contributed by atoms with Gasteiger partial charge in [0.2, 0.25) is 5.91 Å². The number of benzene rings is 3. The van der Waals surface area contributed by atoms with E-state index in [9.17, 15) is 9.59 Å². The van der Waals surface area contributed by atoms with Gasteiger partial charge in [0.15, 0.2) is 16.6 Å². The molecule has 5 aromatic rings. The van der Waals surface area contributed by atoms with Gasteiger partial charge in [-0.05, 0) is 59.5 Å². The van der Waals surface area contributed by atoms with Crippen LogP contribution in [0.3, 0.4) is 0 Å². The predicted molar refractivity (Wildman–Crippen MR) is 163 cm³/mol. The fourth-order valence-corrected chi connectivity index (χ4v) is 6.25. The van der Waals surface area contributed by atoms with E-state index in [0.717, 1.165) is 21.7 Å². The highest BCUT2D eigenvalue weighted by molar-refractivity contribution is 8.00. The summed E-state index contributed by atoms with van der Waals surface area (Å²) in [7, 11) is 3.18. The summed E-state index contributed by atoms with van der Waals surface area (Å²) in [5.41, 5.74) is 3.14. The first-order valence-corrected chi connectivity index (χ1v) is 14.8. The van der Waals surface area contributed by atoms with Crippen LogP contribution in [0, 0.1) is 0 Å². The number of ether oxygens (including phenoxy) is 2. The minimum absolute atomic E-state index is 0.146. The molecule has 0 aliphatic rings. The normalized spacial score (nSPS) is 11.4. The van der Waals surface area contributed by atoms with Crippen molar-refractivity contribution in [2.75, 3.05) is 24.9 Å². The van der Waals surface area contributed by atoms with Gasteiger partial charge in [-0.25, -0.2) is 4.98 Å². The zero-order valence-electron chi connectivity index (χ0n) is 21.6. The molecule has 5 rings (SSSR count). The fraction of sp³-hybridized carbons (Fsp3) is 0.100. The summed E-state index contributed by atoms with van der Waals surface area (Å²) in [4.78, 5) is 32.1. The summed E-state index contributed by atoms with van der Waals surface area (Å²) in [6.45, 7) is 0. The highest BCUT2D eigenvalue weighted by Gasteiger charge is 2.23. The van der Waals surface area contributed by atoms with Gasteiger partial charge in [0.1, 0.15) is 5.25 Å². The molecule has 2 N–H and O–H groups in total. The third-order valence-electron chi connectivity index (χ3n) is 5.87. The zero-order chi connectivity index (χ0) is 27.9. The number of thioether (sulfide) groups is 1. The SMILES string of the molecule is COc1ccc(-c2csc(NC(=O)C(Sc3ccc(NC(=O)c4cccs4)cc3)c3ccccc3)n2)cc1OC.